The second kappa shape index (κ2) is 4.84. The standard InChI is InChI=1S/C13H17FN2O/c14-11-4-1-3-10(7-11)13(9-15)5-2-6-16-12(17)8-13/h1,3-4,7H,2,5-6,8-9,15H2,(H,16,17). The maximum atomic E-state index is 13.3. The van der Waals surface area contributed by atoms with Gasteiger partial charge in [0.15, 0.2) is 0 Å². The van der Waals surface area contributed by atoms with Crippen LogP contribution >= 0.6 is 0 Å². The maximum Gasteiger partial charge on any atom is 0.220 e. The monoisotopic (exact) mass is 236 g/mol. The van der Waals surface area contributed by atoms with Gasteiger partial charge in [0, 0.05) is 24.9 Å². The number of carbonyl (C=O) groups excluding carboxylic acids is 1. The normalized spacial score (nSPS) is 25.2. The second-order valence-electron chi connectivity index (χ2n) is 4.63. The van der Waals surface area contributed by atoms with Crippen molar-refractivity contribution in [1.82, 2.24) is 5.32 Å². The van der Waals surface area contributed by atoms with E-state index in [-0.39, 0.29) is 11.7 Å². The molecule has 0 aliphatic carbocycles. The molecule has 1 aliphatic rings. The molecule has 1 aliphatic heterocycles. The summed E-state index contributed by atoms with van der Waals surface area (Å²) in [6, 6.07) is 6.43. The Balaban J connectivity index is 2.38. The van der Waals surface area contributed by atoms with Gasteiger partial charge in [-0.2, -0.15) is 0 Å². The first-order chi connectivity index (χ1) is 8.16. The van der Waals surface area contributed by atoms with E-state index in [9.17, 15) is 9.18 Å². The molecule has 0 aromatic heterocycles. The molecule has 4 heteroatoms. The summed E-state index contributed by atoms with van der Waals surface area (Å²) in [4.78, 5) is 11.7. The van der Waals surface area contributed by atoms with Gasteiger partial charge in [-0.15, -0.1) is 0 Å². The highest BCUT2D eigenvalue weighted by atomic mass is 19.1. The number of rotatable bonds is 2. The molecule has 1 saturated heterocycles. The van der Waals surface area contributed by atoms with Crippen molar-refractivity contribution >= 4 is 5.91 Å². The molecule has 3 nitrogen and oxygen atoms in total. The van der Waals surface area contributed by atoms with Gasteiger partial charge in [0.05, 0.1) is 0 Å². The topological polar surface area (TPSA) is 55.1 Å². The summed E-state index contributed by atoms with van der Waals surface area (Å²) >= 11 is 0. The van der Waals surface area contributed by atoms with Gasteiger partial charge in [0.25, 0.3) is 0 Å². The van der Waals surface area contributed by atoms with Crippen LogP contribution in [-0.2, 0) is 10.2 Å². The van der Waals surface area contributed by atoms with Gasteiger partial charge in [-0.1, -0.05) is 12.1 Å². The zero-order valence-corrected chi connectivity index (χ0v) is 9.71. The molecule has 92 valence electrons. The molecule has 1 unspecified atom stereocenters. The van der Waals surface area contributed by atoms with E-state index in [1.807, 2.05) is 6.07 Å². The molecule has 2 rings (SSSR count). The van der Waals surface area contributed by atoms with Crippen molar-refractivity contribution in [1.29, 1.82) is 0 Å². The summed E-state index contributed by atoms with van der Waals surface area (Å²) in [6.07, 6.45) is 2.03. The number of nitrogens with one attached hydrogen (secondary N) is 1. The molecular formula is C13H17FN2O. The van der Waals surface area contributed by atoms with Crippen LogP contribution in [0.3, 0.4) is 0 Å². The Kier molecular flexibility index (Phi) is 3.43. The van der Waals surface area contributed by atoms with E-state index in [1.54, 1.807) is 6.07 Å². The zero-order valence-electron chi connectivity index (χ0n) is 9.71. The van der Waals surface area contributed by atoms with Crippen LogP contribution in [0.25, 0.3) is 0 Å². The minimum Gasteiger partial charge on any atom is -0.356 e. The number of halogens is 1. The predicted molar refractivity (Wildman–Crippen MR) is 64.0 cm³/mol. The van der Waals surface area contributed by atoms with Gasteiger partial charge < -0.3 is 11.1 Å². The molecule has 1 atom stereocenters. The lowest BCUT2D eigenvalue weighted by molar-refractivity contribution is -0.121. The summed E-state index contributed by atoms with van der Waals surface area (Å²) in [7, 11) is 0. The lowest BCUT2D eigenvalue weighted by Crippen LogP contribution is -2.38. The Bertz CT molecular complexity index is 422. The fourth-order valence-electron chi connectivity index (χ4n) is 2.47. The average Bonchev–Trinajstić information content (AvgIpc) is 2.52. The van der Waals surface area contributed by atoms with Crippen LogP contribution in [0, 0.1) is 5.82 Å². The van der Waals surface area contributed by atoms with Crippen LogP contribution in [0.4, 0.5) is 4.39 Å². The largest absolute Gasteiger partial charge is 0.356 e. The number of amides is 1. The fraction of sp³-hybridized carbons (Fsp3) is 0.462. The zero-order chi connectivity index (χ0) is 12.3. The first kappa shape index (κ1) is 12.0. The quantitative estimate of drug-likeness (QED) is 0.813. The number of hydrogen-bond acceptors (Lipinski definition) is 2. The lowest BCUT2D eigenvalue weighted by Gasteiger charge is -2.30. The van der Waals surface area contributed by atoms with E-state index in [4.69, 9.17) is 5.73 Å². The van der Waals surface area contributed by atoms with E-state index in [2.05, 4.69) is 5.32 Å². The first-order valence-electron chi connectivity index (χ1n) is 5.89. The highest BCUT2D eigenvalue weighted by Gasteiger charge is 2.34. The summed E-state index contributed by atoms with van der Waals surface area (Å²) in [5.74, 6) is -0.280. The van der Waals surface area contributed by atoms with Gasteiger partial charge >= 0.3 is 0 Å². The van der Waals surface area contributed by atoms with E-state index < -0.39 is 5.41 Å². The van der Waals surface area contributed by atoms with Crippen LogP contribution in [0.1, 0.15) is 24.8 Å². The van der Waals surface area contributed by atoms with Crippen molar-refractivity contribution < 1.29 is 9.18 Å². The summed E-state index contributed by atoms with van der Waals surface area (Å²) in [5.41, 5.74) is 6.27. The van der Waals surface area contributed by atoms with E-state index in [0.717, 1.165) is 18.4 Å². The van der Waals surface area contributed by atoms with Crippen LogP contribution in [0.2, 0.25) is 0 Å². The van der Waals surface area contributed by atoms with E-state index >= 15 is 0 Å². The van der Waals surface area contributed by atoms with Crippen LogP contribution in [-0.4, -0.2) is 19.0 Å². The van der Waals surface area contributed by atoms with Crippen LogP contribution in [0.5, 0.6) is 0 Å². The minimum atomic E-state index is -0.414. The molecule has 1 aromatic carbocycles. The van der Waals surface area contributed by atoms with Gasteiger partial charge in [0.2, 0.25) is 5.91 Å². The molecule has 0 spiro atoms. The summed E-state index contributed by atoms with van der Waals surface area (Å²) in [6.45, 7) is 1.04. The predicted octanol–water partition coefficient (Wildman–Crippen LogP) is 1.32. The third kappa shape index (κ3) is 2.47. The molecule has 17 heavy (non-hydrogen) atoms. The summed E-state index contributed by atoms with van der Waals surface area (Å²) < 4.78 is 13.3. The van der Waals surface area contributed by atoms with Crippen LogP contribution in [0.15, 0.2) is 24.3 Å². The molecule has 0 saturated carbocycles. The van der Waals surface area contributed by atoms with Crippen molar-refractivity contribution in [3.63, 3.8) is 0 Å². The Labute approximate surface area is 100 Å². The molecule has 1 heterocycles. The highest BCUT2D eigenvalue weighted by molar-refractivity contribution is 5.78. The average molecular weight is 236 g/mol. The minimum absolute atomic E-state index is 0.00258. The lowest BCUT2D eigenvalue weighted by atomic mass is 9.74. The molecule has 3 N–H and O–H groups in total. The fourth-order valence-corrected chi connectivity index (χ4v) is 2.47. The Hall–Kier alpha value is -1.42. The van der Waals surface area contributed by atoms with Crippen molar-refractivity contribution in [3.05, 3.63) is 35.6 Å². The molecule has 1 aromatic rings. The first-order valence-corrected chi connectivity index (χ1v) is 5.89. The molecule has 1 amide bonds. The smallest absolute Gasteiger partial charge is 0.220 e. The SMILES string of the molecule is NCC1(c2cccc(F)c2)CCCNC(=O)C1. The maximum absolute atomic E-state index is 13.3. The molecule has 0 radical (unpaired) electrons. The number of carbonyl (C=O) groups is 1. The number of hydrogen-bond donors (Lipinski definition) is 2. The summed E-state index contributed by atoms with van der Waals surface area (Å²) in [5, 5.41) is 2.83. The van der Waals surface area contributed by atoms with Crippen molar-refractivity contribution in [2.45, 2.75) is 24.7 Å². The Morgan fingerprint density at radius 1 is 1.47 bits per heavy atom. The third-order valence-corrected chi connectivity index (χ3v) is 3.48. The van der Waals surface area contributed by atoms with Crippen LogP contribution < -0.4 is 11.1 Å². The van der Waals surface area contributed by atoms with Crippen molar-refractivity contribution in [2.75, 3.05) is 13.1 Å². The van der Waals surface area contributed by atoms with Crippen molar-refractivity contribution in [2.24, 2.45) is 5.73 Å². The second-order valence-corrected chi connectivity index (χ2v) is 4.63. The van der Waals surface area contributed by atoms with E-state index in [0.29, 0.717) is 19.5 Å². The van der Waals surface area contributed by atoms with Crippen molar-refractivity contribution in [3.8, 4) is 0 Å². The number of nitrogens with two attached hydrogens (primary N) is 1. The van der Waals surface area contributed by atoms with Gasteiger partial charge in [-0.05, 0) is 30.5 Å². The van der Waals surface area contributed by atoms with Gasteiger partial charge in [0.1, 0.15) is 5.82 Å². The van der Waals surface area contributed by atoms with E-state index in [1.165, 1.54) is 12.1 Å². The Morgan fingerprint density at radius 2 is 2.29 bits per heavy atom. The highest BCUT2D eigenvalue weighted by Crippen LogP contribution is 2.33. The third-order valence-electron chi connectivity index (χ3n) is 3.48. The Morgan fingerprint density at radius 3 is 3.00 bits per heavy atom. The molecule has 0 bridgehead atoms. The number of benzene rings is 1. The molecule has 1 fully saturated rings. The molecular weight excluding hydrogens is 219 g/mol. The van der Waals surface area contributed by atoms with Gasteiger partial charge in [-0.3, -0.25) is 4.79 Å². The van der Waals surface area contributed by atoms with Gasteiger partial charge in [-0.25, -0.2) is 4.39 Å².